The van der Waals surface area contributed by atoms with Crippen LogP contribution in [0.3, 0.4) is 0 Å². The number of carbonyl (C=O) groups is 1. The second-order valence-electron chi connectivity index (χ2n) is 4.53. The quantitative estimate of drug-likeness (QED) is 0.931. The maximum absolute atomic E-state index is 12.2. The molecule has 1 N–H and O–H groups in total. The fraction of sp³-hybridized carbons (Fsp3) is 0.417. The van der Waals surface area contributed by atoms with Crippen molar-refractivity contribution >= 4 is 17.5 Å². The zero-order valence-electron chi connectivity index (χ0n) is 11.4. The number of rotatable bonds is 3. The predicted molar refractivity (Wildman–Crippen MR) is 72.1 cm³/mol. The lowest BCUT2D eigenvalue weighted by molar-refractivity contribution is 0.0779. The van der Waals surface area contributed by atoms with Crippen molar-refractivity contribution in [3.05, 3.63) is 33.9 Å². The van der Waals surface area contributed by atoms with Crippen molar-refractivity contribution in [2.24, 2.45) is 7.05 Å². The van der Waals surface area contributed by atoms with Crippen molar-refractivity contribution in [3.8, 4) is 0 Å². The first-order valence-electron chi connectivity index (χ1n) is 5.85. The minimum atomic E-state index is -0.190. The van der Waals surface area contributed by atoms with Crippen LogP contribution in [0, 0.1) is 13.8 Å². The van der Waals surface area contributed by atoms with Crippen LogP contribution in [0.15, 0.2) is 6.20 Å². The van der Waals surface area contributed by atoms with Crippen LogP contribution in [0.4, 0.5) is 0 Å². The fourth-order valence-corrected chi connectivity index (χ4v) is 2.14. The molecule has 0 aromatic carbocycles. The van der Waals surface area contributed by atoms with Crippen LogP contribution in [-0.4, -0.2) is 37.8 Å². The van der Waals surface area contributed by atoms with E-state index in [4.69, 9.17) is 11.6 Å². The Morgan fingerprint density at radius 2 is 2.21 bits per heavy atom. The van der Waals surface area contributed by atoms with Gasteiger partial charge in [0, 0.05) is 31.9 Å². The number of nitrogens with zero attached hydrogens (tertiary/aromatic N) is 4. The predicted octanol–water partition coefficient (Wildman–Crippen LogP) is 1.69. The Hall–Kier alpha value is -1.82. The van der Waals surface area contributed by atoms with E-state index >= 15 is 0 Å². The molecule has 102 valence electrons. The van der Waals surface area contributed by atoms with E-state index in [1.54, 1.807) is 11.9 Å². The zero-order valence-corrected chi connectivity index (χ0v) is 12.1. The van der Waals surface area contributed by atoms with Gasteiger partial charge in [0.2, 0.25) is 0 Å². The summed E-state index contributed by atoms with van der Waals surface area (Å²) < 4.78 is 1.81. The van der Waals surface area contributed by atoms with E-state index in [-0.39, 0.29) is 5.91 Å². The Morgan fingerprint density at radius 3 is 2.68 bits per heavy atom. The van der Waals surface area contributed by atoms with Gasteiger partial charge in [-0.15, -0.1) is 0 Å². The van der Waals surface area contributed by atoms with E-state index in [2.05, 4.69) is 15.3 Å². The molecule has 19 heavy (non-hydrogen) atoms. The molecular weight excluding hydrogens is 266 g/mol. The Morgan fingerprint density at radius 1 is 1.53 bits per heavy atom. The summed E-state index contributed by atoms with van der Waals surface area (Å²) in [7, 11) is 3.62. The molecule has 0 bridgehead atoms. The van der Waals surface area contributed by atoms with Gasteiger partial charge in [0.05, 0.1) is 16.9 Å². The second-order valence-corrected chi connectivity index (χ2v) is 4.93. The van der Waals surface area contributed by atoms with E-state index < -0.39 is 0 Å². The first-order chi connectivity index (χ1) is 8.91. The van der Waals surface area contributed by atoms with E-state index in [0.717, 1.165) is 17.0 Å². The summed E-state index contributed by atoms with van der Waals surface area (Å²) in [5, 5.41) is 11.0. The first kappa shape index (κ1) is 13.6. The molecule has 0 unspecified atom stereocenters. The first-order valence-corrected chi connectivity index (χ1v) is 6.23. The number of amides is 1. The van der Waals surface area contributed by atoms with Gasteiger partial charge >= 0.3 is 0 Å². The molecule has 0 fully saturated rings. The average Bonchev–Trinajstić information content (AvgIpc) is 2.88. The van der Waals surface area contributed by atoms with Crippen molar-refractivity contribution in [2.45, 2.75) is 20.4 Å². The second kappa shape index (κ2) is 5.05. The molecule has 0 saturated carbocycles. The summed E-state index contributed by atoms with van der Waals surface area (Å²) in [5.74, 6) is -0.190. The number of aromatic amines is 1. The van der Waals surface area contributed by atoms with Gasteiger partial charge in [-0.2, -0.15) is 10.2 Å². The third kappa shape index (κ3) is 2.49. The van der Waals surface area contributed by atoms with Gasteiger partial charge in [-0.05, 0) is 13.8 Å². The van der Waals surface area contributed by atoms with Crippen LogP contribution in [0.25, 0.3) is 0 Å². The van der Waals surface area contributed by atoms with Crippen LogP contribution in [0.5, 0.6) is 0 Å². The largest absolute Gasteiger partial charge is 0.336 e. The Labute approximate surface area is 116 Å². The molecule has 2 rings (SSSR count). The van der Waals surface area contributed by atoms with E-state index in [1.165, 1.54) is 6.20 Å². The van der Waals surface area contributed by atoms with Crippen molar-refractivity contribution in [3.63, 3.8) is 0 Å². The monoisotopic (exact) mass is 281 g/mol. The molecule has 7 heteroatoms. The van der Waals surface area contributed by atoms with Gasteiger partial charge in [0.15, 0.2) is 0 Å². The molecule has 6 nitrogen and oxygen atoms in total. The normalized spacial score (nSPS) is 10.8. The number of carbonyl (C=O) groups excluding carboxylic acids is 1. The van der Waals surface area contributed by atoms with Crippen molar-refractivity contribution < 1.29 is 4.79 Å². The van der Waals surface area contributed by atoms with Crippen LogP contribution >= 0.6 is 11.6 Å². The van der Waals surface area contributed by atoms with Gasteiger partial charge in [-0.1, -0.05) is 11.6 Å². The van der Waals surface area contributed by atoms with E-state index in [1.807, 2.05) is 25.6 Å². The topological polar surface area (TPSA) is 66.8 Å². The molecule has 0 spiro atoms. The van der Waals surface area contributed by atoms with E-state index in [9.17, 15) is 4.79 Å². The van der Waals surface area contributed by atoms with Crippen molar-refractivity contribution in [2.75, 3.05) is 7.05 Å². The number of hydrogen-bond donors (Lipinski definition) is 1. The number of aryl methyl sites for hydroxylation is 2. The number of nitrogens with one attached hydrogen (secondary N) is 1. The summed E-state index contributed by atoms with van der Waals surface area (Å²) in [6.07, 6.45) is 1.42. The molecule has 0 atom stereocenters. The molecular formula is C12H16ClN5O. The molecule has 0 saturated heterocycles. The highest BCUT2D eigenvalue weighted by molar-refractivity contribution is 6.33. The Bertz CT molecular complexity index is 616. The van der Waals surface area contributed by atoms with Crippen molar-refractivity contribution in [1.29, 1.82) is 0 Å². The van der Waals surface area contributed by atoms with Gasteiger partial charge in [-0.25, -0.2) is 0 Å². The molecule has 0 aliphatic carbocycles. The highest BCUT2D eigenvalue weighted by Crippen LogP contribution is 2.17. The highest BCUT2D eigenvalue weighted by Gasteiger charge is 2.19. The fourth-order valence-electron chi connectivity index (χ4n) is 1.97. The number of aromatic nitrogens is 4. The van der Waals surface area contributed by atoms with Crippen LogP contribution < -0.4 is 0 Å². The van der Waals surface area contributed by atoms with Gasteiger partial charge in [0.1, 0.15) is 5.69 Å². The van der Waals surface area contributed by atoms with Crippen LogP contribution in [0.2, 0.25) is 5.02 Å². The lowest BCUT2D eigenvalue weighted by Gasteiger charge is -2.16. The SMILES string of the molecule is Cc1nn(C)c(C)c1CN(C)C(=O)c1[nH]ncc1Cl. The third-order valence-electron chi connectivity index (χ3n) is 3.21. The average molecular weight is 282 g/mol. The zero-order chi connectivity index (χ0) is 14.2. The maximum atomic E-state index is 12.2. The maximum Gasteiger partial charge on any atom is 0.273 e. The smallest absolute Gasteiger partial charge is 0.273 e. The molecule has 2 heterocycles. The van der Waals surface area contributed by atoms with Gasteiger partial charge in [0.25, 0.3) is 5.91 Å². The summed E-state index contributed by atoms with van der Waals surface area (Å²) >= 11 is 5.89. The number of H-pyrrole nitrogens is 1. The Balaban J connectivity index is 2.20. The molecule has 2 aromatic heterocycles. The number of halogens is 1. The molecule has 0 aliphatic heterocycles. The Kier molecular flexibility index (Phi) is 3.61. The lowest BCUT2D eigenvalue weighted by Crippen LogP contribution is -2.27. The minimum absolute atomic E-state index is 0.190. The molecule has 0 radical (unpaired) electrons. The van der Waals surface area contributed by atoms with Gasteiger partial charge < -0.3 is 4.90 Å². The summed E-state index contributed by atoms with van der Waals surface area (Å²) in [4.78, 5) is 13.8. The molecule has 0 aliphatic rings. The van der Waals surface area contributed by atoms with Crippen LogP contribution in [0.1, 0.15) is 27.4 Å². The highest BCUT2D eigenvalue weighted by atomic mass is 35.5. The summed E-state index contributed by atoms with van der Waals surface area (Å²) in [5.41, 5.74) is 3.33. The number of hydrogen-bond acceptors (Lipinski definition) is 3. The summed E-state index contributed by atoms with van der Waals surface area (Å²) in [6, 6.07) is 0. The van der Waals surface area contributed by atoms with Gasteiger partial charge in [-0.3, -0.25) is 14.6 Å². The minimum Gasteiger partial charge on any atom is -0.336 e. The van der Waals surface area contributed by atoms with Crippen LogP contribution in [-0.2, 0) is 13.6 Å². The molecule has 2 aromatic rings. The molecule has 1 amide bonds. The lowest BCUT2D eigenvalue weighted by atomic mass is 10.2. The van der Waals surface area contributed by atoms with Crippen molar-refractivity contribution in [1.82, 2.24) is 24.9 Å². The third-order valence-corrected chi connectivity index (χ3v) is 3.49. The van der Waals surface area contributed by atoms with E-state index in [0.29, 0.717) is 17.3 Å². The standard InChI is InChI=1S/C12H16ClN5O/c1-7-9(8(2)18(4)16-7)6-17(3)12(19)11-10(13)5-14-15-11/h5H,6H2,1-4H3,(H,14,15). The summed E-state index contributed by atoms with van der Waals surface area (Å²) in [6.45, 7) is 4.40.